The maximum atomic E-state index is 11.2. The average Bonchev–Trinajstić information content (AvgIpc) is 2.69. The van der Waals surface area contributed by atoms with Crippen molar-refractivity contribution in [1.82, 2.24) is 9.97 Å². The quantitative estimate of drug-likeness (QED) is 0.757. The van der Waals surface area contributed by atoms with Crippen LogP contribution in [0.1, 0.15) is 30.5 Å². The van der Waals surface area contributed by atoms with Crippen molar-refractivity contribution in [1.29, 1.82) is 0 Å². The molecular formula is C9H11ClN2O2. The Labute approximate surface area is 86.3 Å². The van der Waals surface area contributed by atoms with Crippen LogP contribution < -0.4 is 5.56 Å². The molecule has 0 bridgehead atoms. The number of rotatable bonds is 2. The number of nitrogens with zero attached hydrogens (tertiary/aromatic N) is 1. The number of aromatic nitrogens is 2. The third kappa shape index (κ3) is 1.96. The van der Waals surface area contributed by atoms with Gasteiger partial charge in [0.05, 0.1) is 17.7 Å². The second-order valence-electron chi connectivity index (χ2n) is 3.25. The Kier molecular flexibility index (Phi) is 2.84. The molecule has 1 aliphatic rings. The van der Waals surface area contributed by atoms with Crippen molar-refractivity contribution < 1.29 is 4.74 Å². The Morgan fingerprint density at radius 1 is 1.71 bits per heavy atom. The summed E-state index contributed by atoms with van der Waals surface area (Å²) >= 11 is 5.60. The van der Waals surface area contributed by atoms with Gasteiger partial charge in [0.15, 0.2) is 0 Å². The molecule has 0 spiro atoms. The molecule has 0 radical (unpaired) electrons. The Hall–Kier alpha value is -0.870. The predicted molar refractivity (Wildman–Crippen MR) is 52.3 cm³/mol. The van der Waals surface area contributed by atoms with E-state index >= 15 is 0 Å². The van der Waals surface area contributed by atoms with Crippen LogP contribution in [0.4, 0.5) is 0 Å². The van der Waals surface area contributed by atoms with Crippen LogP contribution in [0.2, 0.25) is 0 Å². The summed E-state index contributed by atoms with van der Waals surface area (Å²) < 4.78 is 5.44. The lowest BCUT2D eigenvalue weighted by molar-refractivity contribution is 0.108. The Balaban J connectivity index is 2.32. The van der Waals surface area contributed by atoms with Gasteiger partial charge in [-0.3, -0.25) is 4.79 Å². The molecule has 1 aromatic rings. The van der Waals surface area contributed by atoms with Crippen molar-refractivity contribution in [2.24, 2.45) is 0 Å². The van der Waals surface area contributed by atoms with Gasteiger partial charge in [-0.25, -0.2) is 4.98 Å². The highest BCUT2D eigenvalue weighted by Gasteiger charge is 2.19. The molecule has 14 heavy (non-hydrogen) atoms. The summed E-state index contributed by atoms with van der Waals surface area (Å²) in [6.45, 7) is 0.745. The summed E-state index contributed by atoms with van der Waals surface area (Å²) in [5, 5.41) is 0. The standard InChI is InChI=1S/C9H11ClN2O2/c10-5-8-11-6(4-9(13)12-8)7-2-1-3-14-7/h4,7H,1-3,5H2,(H,11,12,13). The van der Waals surface area contributed by atoms with Gasteiger partial charge < -0.3 is 9.72 Å². The first-order valence-corrected chi connectivity index (χ1v) is 5.11. The van der Waals surface area contributed by atoms with Crippen LogP contribution >= 0.6 is 11.6 Å². The summed E-state index contributed by atoms with van der Waals surface area (Å²) in [5.74, 6) is 0.722. The van der Waals surface area contributed by atoms with Crippen molar-refractivity contribution >= 4 is 11.6 Å². The Morgan fingerprint density at radius 3 is 3.21 bits per heavy atom. The second kappa shape index (κ2) is 4.11. The third-order valence-corrected chi connectivity index (χ3v) is 2.45. The number of ether oxygens (including phenoxy) is 1. The van der Waals surface area contributed by atoms with Gasteiger partial charge >= 0.3 is 0 Å². The van der Waals surface area contributed by atoms with E-state index in [1.807, 2.05) is 0 Å². The van der Waals surface area contributed by atoms with Gasteiger partial charge in [-0.05, 0) is 12.8 Å². The molecule has 1 atom stereocenters. The van der Waals surface area contributed by atoms with Crippen LogP contribution in [0.3, 0.4) is 0 Å². The van der Waals surface area contributed by atoms with Gasteiger partial charge in [-0.15, -0.1) is 11.6 Å². The van der Waals surface area contributed by atoms with Gasteiger partial charge in [0.25, 0.3) is 5.56 Å². The van der Waals surface area contributed by atoms with Crippen molar-refractivity contribution in [2.75, 3.05) is 6.61 Å². The molecule has 1 aromatic heterocycles. The van der Waals surface area contributed by atoms with Crippen LogP contribution in [-0.2, 0) is 10.6 Å². The third-order valence-electron chi connectivity index (χ3n) is 2.20. The minimum absolute atomic E-state index is 0.0285. The molecule has 1 saturated heterocycles. The lowest BCUT2D eigenvalue weighted by Gasteiger charge is -2.08. The maximum absolute atomic E-state index is 11.2. The summed E-state index contributed by atoms with van der Waals surface area (Å²) in [4.78, 5) is 18.0. The Morgan fingerprint density at radius 2 is 2.57 bits per heavy atom. The average molecular weight is 215 g/mol. The molecule has 5 heteroatoms. The number of halogens is 1. The first-order valence-electron chi connectivity index (χ1n) is 4.57. The lowest BCUT2D eigenvalue weighted by Crippen LogP contribution is -2.14. The topological polar surface area (TPSA) is 55.0 Å². The van der Waals surface area contributed by atoms with Gasteiger partial charge in [0.1, 0.15) is 5.82 Å². The smallest absolute Gasteiger partial charge is 0.251 e. The number of alkyl halides is 1. The fourth-order valence-electron chi connectivity index (χ4n) is 1.57. The number of H-pyrrole nitrogens is 1. The molecule has 0 amide bonds. The van der Waals surface area contributed by atoms with E-state index in [1.54, 1.807) is 0 Å². The van der Waals surface area contributed by atoms with Gasteiger partial charge in [0.2, 0.25) is 0 Å². The first-order chi connectivity index (χ1) is 6.79. The highest BCUT2D eigenvalue weighted by Crippen LogP contribution is 2.26. The van der Waals surface area contributed by atoms with E-state index in [4.69, 9.17) is 16.3 Å². The molecule has 1 aliphatic heterocycles. The fraction of sp³-hybridized carbons (Fsp3) is 0.556. The normalized spacial score (nSPS) is 21.4. The largest absolute Gasteiger partial charge is 0.372 e. The molecule has 1 N–H and O–H groups in total. The second-order valence-corrected chi connectivity index (χ2v) is 3.52. The molecule has 0 aliphatic carbocycles. The molecule has 1 fully saturated rings. The van der Waals surface area contributed by atoms with Crippen molar-refractivity contribution in [3.8, 4) is 0 Å². The van der Waals surface area contributed by atoms with E-state index in [9.17, 15) is 4.79 Å². The van der Waals surface area contributed by atoms with Gasteiger partial charge in [-0.2, -0.15) is 0 Å². The number of hydrogen-bond acceptors (Lipinski definition) is 3. The number of nitrogens with one attached hydrogen (secondary N) is 1. The summed E-state index contributed by atoms with van der Waals surface area (Å²) in [6, 6.07) is 1.48. The zero-order valence-electron chi connectivity index (χ0n) is 7.62. The molecule has 0 aromatic carbocycles. The summed E-state index contributed by atoms with van der Waals surface area (Å²) in [7, 11) is 0. The summed E-state index contributed by atoms with van der Waals surface area (Å²) in [5.41, 5.74) is 0.531. The molecule has 0 saturated carbocycles. The highest BCUT2D eigenvalue weighted by atomic mass is 35.5. The molecule has 1 unspecified atom stereocenters. The van der Waals surface area contributed by atoms with Crippen molar-refractivity contribution in [3.05, 3.63) is 27.9 Å². The molecule has 4 nitrogen and oxygen atoms in total. The zero-order chi connectivity index (χ0) is 9.97. The Bertz CT molecular complexity index is 371. The number of aromatic amines is 1. The van der Waals surface area contributed by atoms with Crippen LogP contribution in [0.15, 0.2) is 10.9 Å². The SMILES string of the molecule is O=c1cc(C2CCCO2)nc(CCl)[nH]1. The van der Waals surface area contributed by atoms with Crippen molar-refractivity contribution in [3.63, 3.8) is 0 Å². The van der Waals surface area contributed by atoms with E-state index in [0.717, 1.165) is 19.4 Å². The minimum Gasteiger partial charge on any atom is -0.372 e. The van der Waals surface area contributed by atoms with Crippen LogP contribution in [0.5, 0.6) is 0 Å². The summed E-state index contributed by atoms with van der Waals surface area (Å²) in [6.07, 6.45) is 1.92. The van der Waals surface area contributed by atoms with E-state index in [-0.39, 0.29) is 17.5 Å². The molecule has 76 valence electrons. The maximum Gasteiger partial charge on any atom is 0.251 e. The predicted octanol–water partition coefficient (Wildman–Crippen LogP) is 1.36. The first kappa shape index (κ1) is 9.68. The van der Waals surface area contributed by atoms with E-state index in [1.165, 1.54) is 6.07 Å². The number of hydrogen-bond donors (Lipinski definition) is 1. The zero-order valence-corrected chi connectivity index (χ0v) is 8.38. The van der Waals surface area contributed by atoms with E-state index in [2.05, 4.69) is 9.97 Å². The molecule has 2 heterocycles. The van der Waals surface area contributed by atoms with Crippen LogP contribution in [0.25, 0.3) is 0 Å². The van der Waals surface area contributed by atoms with Gasteiger partial charge in [-0.1, -0.05) is 0 Å². The van der Waals surface area contributed by atoms with E-state index in [0.29, 0.717) is 11.5 Å². The highest BCUT2D eigenvalue weighted by molar-refractivity contribution is 6.16. The van der Waals surface area contributed by atoms with Crippen molar-refractivity contribution in [2.45, 2.75) is 24.8 Å². The monoisotopic (exact) mass is 214 g/mol. The van der Waals surface area contributed by atoms with Crippen LogP contribution in [0, 0.1) is 0 Å². The fourth-order valence-corrected chi connectivity index (χ4v) is 1.69. The minimum atomic E-state index is -0.166. The lowest BCUT2D eigenvalue weighted by atomic mass is 10.2. The molecule has 2 rings (SSSR count). The molecular weight excluding hydrogens is 204 g/mol. The van der Waals surface area contributed by atoms with Gasteiger partial charge in [0, 0.05) is 12.7 Å². The van der Waals surface area contributed by atoms with E-state index < -0.39 is 0 Å². The van der Waals surface area contributed by atoms with Crippen LogP contribution in [-0.4, -0.2) is 16.6 Å².